The van der Waals surface area contributed by atoms with Gasteiger partial charge in [0.1, 0.15) is 11.4 Å². The van der Waals surface area contributed by atoms with Crippen molar-refractivity contribution >= 4 is 5.82 Å². The molecule has 1 aliphatic rings. The van der Waals surface area contributed by atoms with E-state index in [2.05, 4.69) is 34.2 Å². The minimum absolute atomic E-state index is 0.258. The number of anilines is 1. The van der Waals surface area contributed by atoms with Crippen LogP contribution < -0.4 is 4.90 Å². The van der Waals surface area contributed by atoms with Crippen LogP contribution in [0, 0.1) is 5.82 Å². The highest BCUT2D eigenvalue weighted by molar-refractivity contribution is 5.59. The summed E-state index contributed by atoms with van der Waals surface area (Å²) in [6, 6.07) is 20.4. The quantitative estimate of drug-likeness (QED) is 0.715. The summed E-state index contributed by atoms with van der Waals surface area (Å²) < 4.78 is 19.1. The Morgan fingerprint density at radius 3 is 2.42 bits per heavy atom. The maximum atomic E-state index is 13.1. The highest BCUT2D eigenvalue weighted by Gasteiger charge is 2.34. The van der Waals surface area contributed by atoms with Crippen molar-refractivity contribution in [3.05, 3.63) is 78.1 Å². The molecule has 3 aromatic rings. The van der Waals surface area contributed by atoms with Gasteiger partial charge < -0.3 is 9.64 Å². The highest BCUT2D eigenvalue weighted by Crippen LogP contribution is 2.31. The number of rotatable bonds is 3. The molecule has 26 heavy (non-hydrogen) atoms. The first-order chi connectivity index (χ1) is 12.6. The van der Waals surface area contributed by atoms with Crippen LogP contribution in [0.3, 0.4) is 0 Å². The molecule has 4 nitrogen and oxygen atoms in total. The van der Waals surface area contributed by atoms with Gasteiger partial charge in [-0.2, -0.15) is 0 Å². The number of morpholine rings is 1. The Morgan fingerprint density at radius 2 is 1.73 bits per heavy atom. The molecule has 132 valence electrons. The zero-order valence-corrected chi connectivity index (χ0v) is 14.6. The molecule has 5 heteroatoms. The van der Waals surface area contributed by atoms with Gasteiger partial charge in [-0.25, -0.2) is 4.39 Å². The lowest BCUT2D eigenvalue weighted by Gasteiger charge is -2.41. The lowest BCUT2D eigenvalue weighted by molar-refractivity contribution is -0.0468. The molecule has 2 aromatic carbocycles. The first-order valence-corrected chi connectivity index (χ1v) is 8.68. The van der Waals surface area contributed by atoms with E-state index in [1.807, 2.05) is 30.3 Å². The van der Waals surface area contributed by atoms with Crippen molar-refractivity contribution in [2.45, 2.75) is 12.5 Å². The minimum atomic E-state index is -0.378. The molecule has 0 amide bonds. The third-order valence-electron chi connectivity index (χ3n) is 4.77. The van der Waals surface area contributed by atoms with Gasteiger partial charge in [0, 0.05) is 12.1 Å². The Morgan fingerprint density at radius 1 is 0.962 bits per heavy atom. The molecule has 0 radical (unpaired) electrons. The number of benzene rings is 2. The van der Waals surface area contributed by atoms with Crippen molar-refractivity contribution in [3.8, 4) is 11.3 Å². The van der Waals surface area contributed by atoms with E-state index in [1.165, 1.54) is 12.1 Å². The molecule has 0 saturated carbocycles. The number of hydrogen-bond donors (Lipinski definition) is 0. The molecule has 1 saturated heterocycles. The lowest BCUT2D eigenvalue weighted by atomic mass is 9.94. The van der Waals surface area contributed by atoms with Gasteiger partial charge in [0.05, 0.1) is 18.8 Å². The molecule has 1 fully saturated rings. The van der Waals surface area contributed by atoms with Crippen LogP contribution in [0.5, 0.6) is 0 Å². The van der Waals surface area contributed by atoms with E-state index >= 15 is 0 Å². The molecule has 4 rings (SSSR count). The predicted molar refractivity (Wildman–Crippen MR) is 99.4 cm³/mol. The molecule has 0 bridgehead atoms. The van der Waals surface area contributed by atoms with Gasteiger partial charge in [0.25, 0.3) is 0 Å². The molecule has 0 aliphatic carbocycles. The summed E-state index contributed by atoms with van der Waals surface area (Å²) in [6.07, 6.45) is 0. The monoisotopic (exact) mass is 349 g/mol. The van der Waals surface area contributed by atoms with Gasteiger partial charge in [-0.15, -0.1) is 10.2 Å². The number of hydrogen-bond acceptors (Lipinski definition) is 4. The minimum Gasteiger partial charge on any atom is -0.367 e. The maximum Gasteiger partial charge on any atom is 0.151 e. The molecule has 2 heterocycles. The molecular weight excluding hydrogens is 329 g/mol. The van der Waals surface area contributed by atoms with Crippen LogP contribution >= 0.6 is 0 Å². The molecule has 0 spiro atoms. The summed E-state index contributed by atoms with van der Waals surface area (Å²) in [7, 11) is 0. The van der Waals surface area contributed by atoms with Gasteiger partial charge in [-0.1, -0.05) is 30.3 Å². The summed E-state index contributed by atoms with van der Waals surface area (Å²) in [5.41, 5.74) is 2.35. The van der Waals surface area contributed by atoms with Crippen molar-refractivity contribution in [2.24, 2.45) is 0 Å². The second-order valence-corrected chi connectivity index (χ2v) is 6.65. The summed E-state index contributed by atoms with van der Waals surface area (Å²) in [4.78, 5) is 2.19. The van der Waals surface area contributed by atoms with Gasteiger partial charge in [-0.05, 0) is 48.9 Å². The largest absolute Gasteiger partial charge is 0.367 e. The predicted octanol–water partition coefficient (Wildman–Crippen LogP) is 4.03. The van der Waals surface area contributed by atoms with Crippen molar-refractivity contribution in [2.75, 3.05) is 24.6 Å². The third kappa shape index (κ3) is 3.30. The van der Waals surface area contributed by atoms with Crippen molar-refractivity contribution in [1.29, 1.82) is 0 Å². The van der Waals surface area contributed by atoms with E-state index in [9.17, 15) is 4.39 Å². The molecule has 1 aromatic heterocycles. The molecule has 1 unspecified atom stereocenters. The maximum absolute atomic E-state index is 13.1. The standard InChI is InChI=1S/C21H20FN3O/c1-21(17-5-3-2-4-6-17)15-25(13-14-26-21)20-12-11-19(23-24-20)16-7-9-18(22)10-8-16/h2-12H,13-15H2,1H3. The Kier molecular flexibility index (Phi) is 4.39. The Hall–Kier alpha value is -2.79. The third-order valence-corrected chi connectivity index (χ3v) is 4.77. The van der Waals surface area contributed by atoms with Gasteiger partial charge in [0.2, 0.25) is 0 Å². The molecule has 0 N–H and O–H groups in total. The van der Waals surface area contributed by atoms with E-state index in [0.717, 1.165) is 29.2 Å². The SMILES string of the molecule is CC1(c2ccccc2)CN(c2ccc(-c3ccc(F)cc3)nn2)CCO1. The Bertz CT molecular complexity index is 868. The van der Waals surface area contributed by atoms with Gasteiger partial charge in [0.15, 0.2) is 5.82 Å². The summed E-state index contributed by atoms with van der Waals surface area (Å²) in [5.74, 6) is 0.563. The van der Waals surface area contributed by atoms with Crippen LogP contribution in [-0.4, -0.2) is 29.9 Å². The van der Waals surface area contributed by atoms with Gasteiger partial charge in [-0.3, -0.25) is 0 Å². The van der Waals surface area contributed by atoms with Crippen LogP contribution in [0.15, 0.2) is 66.7 Å². The smallest absolute Gasteiger partial charge is 0.151 e. The van der Waals surface area contributed by atoms with Gasteiger partial charge >= 0.3 is 0 Å². The topological polar surface area (TPSA) is 38.2 Å². The van der Waals surface area contributed by atoms with E-state index in [4.69, 9.17) is 4.74 Å². The average molecular weight is 349 g/mol. The van der Waals surface area contributed by atoms with Crippen LogP contribution in [0.2, 0.25) is 0 Å². The van der Waals surface area contributed by atoms with Crippen molar-refractivity contribution < 1.29 is 9.13 Å². The Balaban J connectivity index is 1.55. The van der Waals surface area contributed by atoms with E-state index in [-0.39, 0.29) is 11.4 Å². The fraction of sp³-hybridized carbons (Fsp3) is 0.238. The summed E-state index contributed by atoms with van der Waals surface area (Å²) in [5, 5.41) is 8.71. The normalized spacial score (nSPS) is 20.2. The summed E-state index contributed by atoms with van der Waals surface area (Å²) in [6.45, 7) is 4.22. The fourth-order valence-corrected chi connectivity index (χ4v) is 3.30. The highest BCUT2D eigenvalue weighted by atomic mass is 19.1. The lowest BCUT2D eigenvalue weighted by Crippen LogP contribution is -2.48. The second-order valence-electron chi connectivity index (χ2n) is 6.65. The van der Waals surface area contributed by atoms with Crippen LogP contribution in [0.1, 0.15) is 12.5 Å². The van der Waals surface area contributed by atoms with E-state index in [1.54, 1.807) is 12.1 Å². The second kappa shape index (κ2) is 6.84. The first kappa shape index (κ1) is 16.7. The number of nitrogens with zero attached hydrogens (tertiary/aromatic N) is 3. The number of aromatic nitrogens is 2. The van der Waals surface area contributed by atoms with Crippen LogP contribution in [0.25, 0.3) is 11.3 Å². The zero-order valence-electron chi connectivity index (χ0n) is 14.6. The van der Waals surface area contributed by atoms with Crippen LogP contribution in [-0.2, 0) is 10.3 Å². The fourth-order valence-electron chi connectivity index (χ4n) is 3.30. The number of halogens is 1. The first-order valence-electron chi connectivity index (χ1n) is 8.68. The average Bonchev–Trinajstić information content (AvgIpc) is 2.69. The summed E-state index contributed by atoms with van der Waals surface area (Å²) >= 11 is 0. The van der Waals surface area contributed by atoms with E-state index < -0.39 is 0 Å². The Labute approximate surface area is 152 Å². The number of ether oxygens (including phenoxy) is 1. The zero-order chi connectivity index (χ0) is 18.0. The van der Waals surface area contributed by atoms with Crippen molar-refractivity contribution in [1.82, 2.24) is 10.2 Å². The molecule has 1 aliphatic heterocycles. The van der Waals surface area contributed by atoms with Crippen molar-refractivity contribution in [3.63, 3.8) is 0 Å². The molecular formula is C21H20FN3O. The van der Waals surface area contributed by atoms with E-state index in [0.29, 0.717) is 13.2 Å². The van der Waals surface area contributed by atoms with Crippen LogP contribution in [0.4, 0.5) is 10.2 Å². The molecule has 1 atom stereocenters.